The molecule has 0 spiro atoms. The highest BCUT2D eigenvalue weighted by molar-refractivity contribution is 8.01. The third-order valence-corrected chi connectivity index (χ3v) is 8.71. The third-order valence-electron chi connectivity index (χ3n) is 5.00. The van der Waals surface area contributed by atoms with Crippen LogP contribution in [0.2, 0.25) is 0 Å². The minimum absolute atomic E-state index is 0.00360. The molecule has 1 N–H and O–H groups in total. The molecule has 1 aliphatic heterocycles. The molecule has 0 aliphatic carbocycles. The second-order valence-corrected chi connectivity index (χ2v) is 11.6. The molecule has 0 bridgehead atoms. The molecule has 8 nitrogen and oxygen atoms in total. The number of nitrogens with one attached hydrogen (secondary N) is 1. The van der Waals surface area contributed by atoms with Crippen LogP contribution < -0.4 is 10.1 Å². The van der Waals surface area contributed by atoms with E-state index in [4.69, 9.17) is 4.74 Å². The molecule has 2 unspecified atom stereocenters. The normalized spacial score (nSPS) is 18.7. The first kappa shape index (κ1) is 22.8. The van der Waals surface area contributed by atoms with E-state index in [1.54, 1.807) is 12.0 Å². The molecule has 164 valence electrons. The summed E-state index contributed by atoms with van der Waals surface area (Å²) < 4.78 is 29.6. The molecule has 30 heavy (non-hydrogen) atoms. The highest BCUT2D eigenvalue weighted by Crippen LogP contribution is 2.30. The topological polar surface area (TPSA) is 101 Å². The van der Waals surface area contributed by atoms with Crippen LogP contribution in [0.15, 0.2) is 28.6 Å². The minimum atomic E-state index is -3.05. The Hall–Kier alpha value is -1.85. The van der Waals surface area contributed by atoms with Crippen molar-refractivity contribution in [3.05, 3.63) is 24.3 Å². The first-order valence-electron chi connectivity index (χ1n) is 9.70. The summed E-state index contributed by atoms with van der Waals surface area (Å²) in [6, 6.07) is 7.26. The smallest absolute Gasteiger partial charge is 0.233 e. The second-order valence-electron chi connectivity index (χ2n) is 7.13. The summed E-state index contributed by atoms with van der Waals surface area (Å²) in [6.45, 7) is 3.97. The number of benzene rings is 1. The van der Waals surface area contributed by atoms with E-state index in [1.807, 2.05) is 38.1 Å². The van der Waals surface area contributed by atoms with Gasteiger partial charge in [-0.15, -0.1) is 10.2 Å². The predicted molar refractivity (Wildman–Crippen MR) is 121 cm³/mol. The van der Waals surface area contributed by atoms with Crippen molar-refractivity contribution in [1.29, 1.82) is 0 Å². The summed E-state index contributed by atoms with van der Waals surface area (Å²) in [4.78, 5) is 14.7. The number of hydrogen-bond acceptors (Lipinski definition) is 9. The average Bonchev–Trinajstić information content (AvgIpc) is 3.32. The molecule has 2 heterocycles. The van der Waals surface area contributed by atoms with Gasteiger partial charge in [0.2, 0.25) is 11.0 Å². The SMILES string of the molecule is CCC(C)N(C(=O)CSc1nnc(Nc2cccc(OC)c2)s1)C1CCS(=O)(=O)C1. The molecular weight excluding hydrogens is 444 g/mol. The van der Waals surface area contributed by atoms with Crippen molar-refractivity contribution in [2.75, 3.05) is 29.7 Å². The van der Waals surface area contributed by atoms with Crippen LogP contribution in [0.5, 0.6) is 5.75 Å². The number of sulfone groups is 1. The summed E-state index contributed by atoms with van der Waals surface area (Å²) >= 11 is 2.69. The molecule has 1 fully saturated rings. The summed E-state index contributed by atoms with van der Waals surface area (Å²) in [5, 5.41) is 12.1. The zero-order valence-electron chi connectivity index (χ0n) is 17.2. The van der Waals surface area contributed by atoms with Crippen LogP contribution in [-0.4, -0.2) is 65.9 Å². The molecule has 1 saturated heterocycles. The molecule has 1 aromatic heterocycles. The van der Waals surface area contributed by atoms with E-state index in [9.17, 15) is 13.2 Å². The van der Waals surface area contributed by atoms with Gasteiger partial charge >= 0.3 is 0 Å². The number of anilines is 2. The Bertz CT molecular complexity index is 980. The zero-order valence-corrected chi connectivity index (χ0v) is 19.6. The summed E-state index contributed by atoms with van der Waals surface area (Å²) in [7, 11) is -1.44. The molecule has 0 saturated carbocycles. The lowest BCUT2D eigenvalue weighted by molar-refractivity contribution is -0.132. The van der Waals surface area contributed by atoms with Crippen molar-refractivity contribution in [2.45, 2.75) is 43.1 Å². The Kier molecular flexibility index (Phi) is 7.59. The second kappa shape index (κ2) is 9.97. The average molecular weight is 471 g/mol. The lowest BCUT2D eigenvalue weighted by Crippen LogP contribution is -2.47. The molecule has 1 aliphatic rings. The van der Waals surface area contributed by atoms with Crippen molar-refractivity contribution >= 4 is 49.7 Å². The lowest BCUT2D eigenvalue weighted by atomic mass is 10.1. The maximum absolute atomic E-state index is 12.9. The van der Waals surface area contributed by atoms with Crippen LogP contribution in [0, 0.1) is 0 Å². The number of aromatic nitrogens is 2. The zero-order chi connectivity index (χ0) is 21.7. The standard InChI is InChI=1S/C19H26N4O4S3/c1-4-13(2)23(15-8-9-30(25,26)12-15)17(24)11-28-19-22-21-18(29-19)20-14-6-5-7-16(10-14)27-3/h5-7,10,13,15H,4,8-9,11-12H2,1-3H3,(H,20,21). The number of amides is 1. The molecule has 3 rings (SSSR count). The number of thioether (sulfide) groups is 1. The van der Waals surface area contributed by atoms with E-state index in [-0.39, 0.29) is 35.2 Å². The predicted octanol–water partition coefficient (Wildman–Crippen LogP) is 3.20. The van der Waals surface area contributed by atoms with Crippen LogP contribution in [0.3, 0.4) is 0 Å². The Morgan fingerprint density at radius 3 is 2.90 bits per heavy atom. The maximum atomic E-state index is 12.9. The summed E-state index contributed by atoms with van der Waals surface area (Å²) in [6.07, 6.45) is 1.29. The Morgan fingerprint density at radius 2 is 2.23 bits per heavy atom. The van der Waals surface area contributed by atoms with Crippen molar-refractivity contribution in [3.63, 3.8) is 0 Å². The largest absolute Gasteiger partial charge is 0.497 e. The van der Waals surface area contributed by atoms with Crippen LogP contribution in [-0.2, 0) is 14.6 Å². The molecule has 1 aromatic carbocycles. The fraction of sp³-hybridized carbons (Fsp3) is 0.526. The summed E-state index contributed by atoms with van der Waals surface area (Å²) in [5.41, 5.74) is 0.837. The van der Waals surface area contributed by atoms with E-state index in [1.165, 1.54) is 23.1 Å². The first-order valence-corrected chi connectivity index (χ1v) is 13.3. The number of hydrogen-bond donors (Lipinski definition) is 1. The van der Waals surface area contributed by atoms with Crippen LogP contribution in [0.1, 0.15) is 26.7 Å². The van der Waals surface area contributed by atoms with Crippen LogP contribution in [0.25, 0.3) is 0 Å². The Balaban J connectivity index is 1.60. The number of carbonyl (C=O) groups is 1. The number of nitrogens with zero attached hydrogens (tertiary/aromatic N) is 3. The van der Waals surface area contributed by atoms with E-state index in [2.05, 4.69) is 15.5 Å². The Labute approximate surface area is 185 Å². The van der Waals surface area contributed by atoms with E-state index < -0.39 is 9.84 Å². The van der Waals surface area contributed by atoms with E-state index in [0.717, 1.165) is 17.9 Å². The van der Waals surface area contributed by atoms with Crippen LogP contribution >= 0.6 is 23.1 Å². The van der Waals surface area contributed by atoms with Crippen molar-refractivity contribution < 1.29 is 17.9 Å². The molecule has 1 amide bonds. The third kappa shape index (κ3) is 5.86. The molecule has 2 aromatic rings. The van der Waals surface area contributed by atoms with Crippen molar-refractivity contribution in [1.82, 2.24) is 15.1 Å². The highest BCUT2D eigenvalue weighted by atomic mass is 32.2. The van der Waals surface area contributed by atoms with Gasteiger partial charge in [-0.2, -0.15) is 0 Å². The van der Waals surface area contributed by atoms with Gasteiger partial charge < -0.3 is 15.0 Å². The van der Waals surface area contributed by atoms with Gasteiger partial charge in [0.25, 0.3) is 0 Å². The molecule has 2 atom stereocenters. The van der Waals surface area contributed by atoms with Gasteiger partial charge in [-0.1, -0.05) is 36.1 Å². The van der Waals surface area contributed by atoms with Crippen LogP contribution in [0.4, 0.5) is 10.8 Å². The van der Waals surface area contributed by atoms with Gasteiger partial charge in [0, 0.05) is 23.8 Å². The van der Waals surface area contributed by atoms with Gasteiger partial charge in [0.15, 0.2) is 14.2 Å². The quantitative estimate of drug-likeness (QED) is 0.558. The minimum Gasteiger partial charge on any atom is -0.497 e. The monoisotopic (exact) mass is 470 g/mol. The number of ether oxygens (including phenoxy) is 1. The highest BCUT2D eigenvalue weighted by Gasteiger charge is 2.36. The molecule has 11 heteroatoms. The van der Waals surface area contributed by atoms with E-state index >= 15 is 0 Å². The summed E-state index contributed by atoms with van der Waals surface area (Å²) in [5.74, 6) is 1.09. The van der Waals surface area contributed by atoms with Gasteiger partial charge in [-0.3, -0.25) is 4.79 Å². The fourth-order valence-corrected chi connectivity index (χ4v) is 6.69. The van der Waals surface area contributed by atoms with E-state index in [0.29, 0.717) is 15.9 Å². The lowest BCUT2D eigenvalue weighted by Gasteiger charge is -2.33. The van der Waals surface area contributed by atoms with Gasteiger partial charge in [-0.05, 0) is 31.9 Å². The first-order chi connectivity index (χ1) is 14.3. The van der Waals surface area contributed by atoms with Gasteiger partial charge in [-0.25, -0.2) is 8.42 Å². The molecular formula is C19H26N4O4S3. The maximum Gasteiger partial charge on any atom is 0.233 e. The Morgan fingerprint density at radius 1 is 1.43 bits per heavy atom. The van der Waals surface area contributed by atoms with Gasteiger partial charge in [0.1, 0.15) is 5.75 Å². The van der Waals surface area contributed by atoms with Gasteiger partial charge in [0.05, 0.1) is 24.4 Å². The molecule has 0 radical (unpaired) electrons. The number of methoxy groups -OCH3 is 1. The number of rotatable bonds is 9. The fourth-order valence-electron chi connectivity index (χ4n) is 3.34. The number of carbonyl (C=O) groups excluding carboxylic acids is 1. The van der Waals surface area contributed by atoms with Crippen molar-refractivity contribution in [2.24, 2.45) is 0 Å². The van der Waals surface area contributed by atoms with Crippen molar-refractivity contribution in [3.8, 4) is 5.75 Å².